The van der Waals surface area contributed by atoms with Gasteiger partial charge < -0.3 is 10.5 Å². The molecular weight excluding hydrogens is 352 g/mol. The minimum absolute atomic E-state index is 0.145. The topological polar surface area (TPSA) is 56.0 Å². The van der Waals surface area contributed by atoms with Gasteiger partial charge in [0.15, 0.2) is 6.20 Å². The van der Waals surface area contributed by atoms with E-state index in [1.807, 2.05) is 25.1 Å². The van der Waals surface area contributed by atoms with Crippen molar-refractivity contribution in [2.75, 3.05) is 5.32 Å². The summed E-state index contributed by atoms with van der Waals surface area (Å²) in [5, 5.41) is 14.6. The number of hydrogen-bond donors (Lipinski definition) is 1. The van der Waals surface area contributed by atoms with Crippen molar-refractivity contribution in [3.63, 3.8) is 0 Å². The molecule has 0 saturated carbocycles. The van der Waals surface area contributed by atoms with E-state index < -0.39 is 0 Å². The normalized spacial score (nSPS) is 12.0. The lowest BCUT2D eigenvalue weighted by Crippen LogP contribution is -2.30. The van der Waals surface area contributed by atoms with Gasteiger partial charge in [0.1, 0.15) is 0 Å². The van der Waals surface area contributed by atoms with Crippen molar-refractivity contribution in [3.05, 3.63) is 57.8 Å². The zero-order valence-corrected chi connectivity index (χ0v) is 14.1. The quantitative estimate of drug-likeness (QED) is 0.511. The largest absolute Gasteiger partial charge is 0.618 e. The van der Waals surface area contributed by atoms with Crippen LogP contribution in [0.3, 0.4) is 0 Å². The SMILES string of the molecule is Cc1ccc(NC(=O)[C@@H](C)Sc2cccc[n+]2[O-])c(Br)c1. The number of benzene rings is 1. The Morgan fingerprint density at radius 3 is 2.81 bits per heavy atom. The van der Waals surface area contributed by atoms with Gasteiger partial charge in [0.05, 0.1) is 10.9 Å². The van der Waals surface area contributed by atoms with Gasteiger partial charge in [-0.15, -0.1) is 0 Å². The number of aryl methyl sites for hydroxylation is 1. The maximum absolute atomic E-state index is 12.2. The van der Waals surface area contributed by atoms with Gasteiger partial charge in [-0.3, -0.25) is 4.79 Å². The summed E-state index contributed by atoms with van der Waals surface area (Å²) in [6.07, 6.45) is 1.42. The van der Waals surface area contributed by atoms with E-state index >= 15 is 0 Å². The molecule has 4 nitrogen and oxygen atoms in total. The zero-order chi connectivity index (χ0) is 15.4. The van der Waals surface area contributed by atoms with Crippen LogP contribution < -0.4 is 10.0 Å². The van der Waals surface area contributed by atoms with Crippen LogP contribution in [0.2, 0.25) is 0 Å². The molecule has 0 aliphatic carbocycles. The number of carbonyl (C=O) groups excluding carboxylic acids is 1. The van der Waals surface area contributed by atoms with Crippen LogP contribution in [0.15, 0.2) is 52.1 Å². The number of carbonyl (C=O) groups is 1. The van der Waals surface area contributed by atoms with E-state index in [0.717, 1.165) is 20.5 Å². The molecule has 1 atom stereocenters. The molecule has 0 saturated heterocycles. The molecule has 1 aromatic heterocycles. The Labute approximate surface area is 136 Å². The Balaban J connectivity index is 2.04. The summed E-state index contributed by atoms with van der Waals surface area (Å²) < 4.78 is 1.60. The van der Waals surface area contributed by atoms with Crippen molar-refractivity contribution >= 4 is 39.3 Å². The highest BCUT2D eigenvalue weighted by atomic mass is 79.9. The number of halogens is 1. The van der Waals surface area contributed by atoms with E-state index in [1.54, 1.807) is 25.1 Å². The van der Waals surface area contributed by atoms with Gasteiger partial charge in [0.2, 0.25) is 5.91 Å². The molecule has 1 N–H and O–H groups in total. The standard InChI is InChI=1S/C15H15BrN2O2S/c1-10-6-7-13(12(16)9-10)17-15(19)11(2)21-14-5-3-4-8-18(14)20/h3-9,11H,1-2H3,(H,17,19)/t11-/m1/s1. The molecule has 0 fully saturated rings. The van der Waals surface area contributed by atoms with Crippen LogP contribution in [0.1, 0.15) is 12.5 Å². The Kier molecular flexibility index (Phi) is 5.25. The van der Waals surface area contributed by atoms with E-state index in [1.165, 1.54) is 18.0 Å². The first kappa shape index (κ1) is 15.9. The first-order chi connectivity index (χ1) is 9.97. The third-order valence-corrected chi connectivity index (χ3v) is 4.62. The van der Waals surface area contributed by atoms with Crippen LogP contribution in [0.5, 0.6) is 0 Å². The van der Waals surface area contributed by atoms with Crippen LogP contribution in [0.4, 0.5) is 5.69 Å². The second-order valence-electron chi connectivity index (χ2n) is 4.60. The number of pyridine rings is 1. The van der Waals surface area contributed by atoms with Gasteiger partial charge in [-0.1, -0.05) is 6.07 Å². The van der Waals surface area contributed by atoms with Gasteiger partial charge in [-0.05, 0) is 65.3 Å². The monoisotopic (exact) mass is 366 g/mol. The molecule has 0 radical (unpaired) electrons. The third-order valence-electron chi connectivity index (χ3n) is 2.84. The van der Waals surface area contributed by atoms with Crippen molar-refractivity contribution < 1.29 is 9.52 Å². The summed E-state index contributed by atoms with van der Waals surface area (Å²) in [7, 11) is 0. The Hall–Kier alpha value is -1.53. The fourth-order valence-electron chi connectivity index (χ4n) is 1.69. The number of anilines is 1. The first-order valence-corrected chi connectivity index (χ1v) is 8.06. The summed E-state index contributed by atoms with van der Waals surface area (Å²) in [5.74, 6) is -0.145. The summed E-state index contributed by atoms with van der Waals surface area (Å²) in [4.78, 5) is 12.2. The summed E-state index contributed by atoms with van der Waals surface area (Å²) in [6, 6.07) is 10.9. The maximum atomic E-state index is 12.2. The van der Waals surface area contributed by atoms with Crippen LogP contribution in [0, 0.1) is 12.1 Å². The highest BCUT2D eigenvalue weighted by Crippen LogP contribution is 2.25. The molecule has 1 aromatic carbocycles. The number of hydrogen-bond acceptors (Lipinski definition) is 3. The third kappa shape index (κ3) is 4.22. The van der Waals surface area contributed by atoms with Gasteiger partial charge >= 0.3 is 0 Å². The van der Waals surface area contributed by atoms with Gasteiger partial charge in [0.25, 0.3) is 5.03 Å². The molecule has 21 heavy (non-hydrogen) atoms. The molecule has 6 heteroatoms. The van der Waals surface area contributed by atoms with Crippen molar-refractivity contribution in [1.82, 2.24) is 0 Å². The highest BCUT2D eigenvalue weighted by Gasteiger charge is 2.19. The molecule has 1 amide bonds. The average molecular weight is 367 g/mol. The van der Waals surface area contributed by atoms with Gasteiger partial charge in [0, 0.05) is 16.6 Å². The van der Waals surface area contributed by atoms with E-state index in [4.69, 9.17) is 0 Å². The second kappa shape index (κ2) is 6.95. The lowest BCUT2D eigenvalue weighted by atomic mass is 10.2. The fourth-order valence-corrected chi connectivity index (χ4v) is 3.14. The number of thioether (sulfide) groups is 1. The van der Waals surface area contributed by atoms with Crippen LogP contribution in [-0.4, -0.2) is 11.2 Å². The van der Waals surface area contributed by atoms with Crippen LogP contribution in [-0.2, 0) is 4.79 Å². The van der Waals surface area contributed by atoms with Crippen molar-refractivity contribution in [2.45, 2.75) is 24.1 Å². The number of rotatable bonds is 4. The average Bonchev–Trinajstić information content (AvgIpc) is 2.44. The van der Waals surface area contributed by atoms with Crippen molar-refractivity contribution in [3.8, 4) is 0 Å². The molecule has 0 bridgehead atoms. The second-order valence-corrected chi connectivity index (χ2v) is 6.81. The minimum atomic E-state index is -0.374. The molecular formula is C15H15BrN2O2S. The number of amides is 1. The van der Waals surface area contributed by atoms with Crippen LogP contribution >= 0.6 is 27.7 Å². The molecule has 110 valence electrons. The predicted molar refractivity (Wildman–Crippen MR) is 88.2 cm³/mol. The predicted octanol–water partition coefficient (Wildman–Crippen LogP) is 3.51. The molecule has 0 aliphatic rings. The lowest BCUT2D eigenvalue weighted by Gasteiger charge is -2.13. The number of nitrogens with one attached hydrogen (secondary N) is 1. The summed E-state index contributed by atoms with van der Waals surface area (Å²) in [6.45, 7) is 3.76. The highest BCUT2D eigenvalue weighted by molar-refractivity contribution is 9.10. The molecule has 2 aromatic rings. The molecule has 2 rings (SSSR count). The van der Waals surface area contributed by atoms with Crippen molar-refractivity contribution in [2.24, 2.45) is 0 Å². The zero-order valence-electron chi connectivity index (χ0n) is 11.7. The van der Waals surface area contributed by atoms with Gasteiger partial charge in [-0.2, -0.15) is 4.73 Å². The Morgan fingerprint density at radius 1 is 1.38 bits per heavy atom. The van der Waals surface area contributed by atoms with E-state index in [2.05, 4.69) is 21.2 Å². The minimum Gasteiger partial charge on any atom is -0.618 e. The maximum Gasteiger partial charge on any atom is 0.252 e. The van der Waals surface area contributed by atoms with Crippen LogP contribution in [0.25, 0.3) is 0 Å². The fraction of sp³-hybridized carbons (Fsp3) is 0.200. The summed E-state index contributed by atoms with van der Waals surface area (Å²) >= 11 is 4.66. The molecule has 1 heterocycles. The lowest BCUT2D eigenvalue weighted by molar-refractivity contribution is -0.645. The molecule has 0 spiro atoms. The number of nitrogens with zero attached hydrogens (tertiary/aromatic N) is 1. The van der Waals surface area contributed by atoms with E-state index in [0.29, 0.717) is 5.03 Å². The van der Waals surface area contributed by atoms with E-state index in [9.17, 15) is 10.0 Å². The Morgan fingerprint density at radius 2 is 2.14 bits per heavy atom. The molecule has 0 aliphatic heterocycles. The Bertz CT molecular complexity index is 664. The smallest absolute Gasteiger partial charge is 0.252 e. The first-order valence-electron chi connectivity index (χ1n) is 6.39. The molecule has 0 unspecified atom stereocenters. The summed E-state index contributed by atoms with van der Waals surface area (Å²) in [5.41, 5.74) is 1.83. The van der Waals surface area contributed by atoms with E-state index in [-0.39, 0.29) is 11.2 Å². The van der Waals surface area contributed by atoms with Crippen molar-refractivity contribution in [1.29, 1.82) is 0 Å². The van der Waals surface area contributed by atoms with Gasteiger partial charge in [-0.25, -0.2) is 0 Å². The number of aromatic nitrogens is 1.